The second-order valence-electron chi connectivity index (χ2n) is 6.15. The minimum atomic E-state index is -0.604. The normalized spacial score (nSPS) is 12.6. The highest BCUT2D eigenvalue weighted by molar-refractivity contribution is 6.30. The molecule has 0 aliphatic rings. The average molecular weight is 368 g/mol. The van der Waals surface area contributed by atoms with E-state index in [-0.39, 0.29) is 12.2 Å². The lowest BCUT2D eigenvalue weighted by Gasteiger charge is -2.14. The van der Waals surface area contributed by atoms with E-state index in [2.05, 4.69) is 5.32 Å². The van der Waals surface area contributed by atoms with Crippen molar-refractivity contribution in [3.63, 3.8) is 0 Å². The highest BCUT2D eigenvalue weighted by Crippen LogP contribution is 2.24. The van der Waals surface area contributed by atoms with Gasteiger partial charge in [-0.3, -0.25) is 9.59 Å². The fourth-order valence-corrected chi connectivity index (χ4v) is 2.74. The van der Waals surface area contributed by atoms with Crippen molar-refractivity contribution < 1.29 is 5.11 Å². The summed E-state index contributed by atoms with van der Waals surface area (Å²) in [6.07, 6.45) is 3.33. The van der Waals surface area contributed by atoms with Crippen LogP contribution in [0.5, 0.6) is 0 Å². The van der Waals surface area contributed by atoms with Gasteiger partial charge < -0.3 is 10.4 Å². The quantitative estimate of drug-likeness (QED) is 0.516. The van der Waals surface area contributed by atoms with Crippen LogP contribution in [0.1, 0.15) is 18.1 Å². The van der Waals surface area contributed by atoms with Gasteiger partial charge in [0, 0.05) is 11.6 Å². The molecule has 0 fully saturated rings. The molecule has 26 heavy (non-hydrogen) atoms. The summed E-state index contributed by atoms with van der Waals surface area (Å²) in [5, 5.41) is 12.9. The zero-order chi connectivity index (χ0) is 18.7. The first-order valence-corrected chi connectivity index (χ1v) is 8.63. The number of nitrogens with one attached hydrogen (secondary N) is 1. The molecule has 0 amide bonds. The van der Waals surface area contributed by atoms with Crippen LogP contribution in [-0.4, -0.2) is 17.8 Å². The van der Waals surface area contributed by atoms with Gasteiger partial charge in [0.05, 0.1) is 17.4 Å². The van der Waals surface area contributed by atoms with Gasteiger partial charge in [-0.05, 0) is 35.7 Å². The maximum Gasteiger partial charge on any atom is 0.250 e. The topological polar surface area (TPSA) is 66.4 Å². The van der Waals surface area contributed by atoms with Crippen LogP contribution in [0.2, 0.25) is 5.02 Å². The van der Waals surface area contributed by atoms with E-state index in [9.17, 15) is 14.7 Å². The van der Waals surface area contributed by atoms with E-state index in [0.29, 0.717) is 16.1 Å². The SMILES string of the molecule is CC(O)CNc1c(-c2ccc(C=Cc3ccc(Cl)cc3)cc2)c(=O)c1=O. The third-order valence-corrected chi connectivity index (χ3v) is 4.27. The predicted octanol–water partition coefficient (Wildman–Crippen LogP) is 3.57. The van der Waals surface area contributed by atoms with Crippen LogP contribution in [-0.2, 0) is 0 Å². The Hall–Kier alpha value is -2.69. The molecule has 0 aliphatic carbocycles. The monoisotopic (exact) mass is 367 g/mol. The Morgan fingerprint density at radius 1 is 0.962 bits per heavy atom. The predicted molar refractivity (Wildman–Crippen MR) is 107 cm³/mol. The van der Waals surface area contributed by atoms with Crippen molar-refractivity contribution in [3.8, 4) is 11.1 Å². The van der Waals surface area contributed by atoms with Gasteiger partial charge in [-0.1, -0.05) is 60.2 Å². The molecule has 0 aromatic heterocycles. The van der Waals surface area contributed by atoms with Crippen LogP contribution >= 0.6 is 11.6 Å². The fraction of sp³-hybridized carbons (Fsp3) is 0.143. The molecule has 0 spiro atoms. The van der Waals surface area contributed by atoms with Crippen molar-refractivity contribution in [1.82, 2.24) is 0 Å². The van der Waals surface area contributed by atoms with Crippen molar-refractivity contribution >= 4 is 29.4 Å². The molecule has 3 rings (SSSR count). The molecule has 132 valence electrons. The number of aliphatic hydroxyl groups is 1. The molecule has 2 N–H and O–H groups in total. The summed E-state index contributed by atoms with van der Waals surface area (Å²) in [6.45, 7) is 1.83. The van der Waals surface area contributed by atoms with Gasteiger partial charge in [0.1, 0.15) is 0 Å². The van der Waals surface area contributed by atoms with Crippen molar-refractivity contribution in [2.75, 3.05) is 11.9 Å². The Kier molecular flexibility index (Phi) is 5.35. The van der Waals surface area contributed by atoms with E-state index in [1.165, 1.54) is 0 Å². The molecular formula is C21H18ClNO3. The van der Waals surface area contributed by atoms with Crippen LogP contribution in [0, 0.1) is 0 Å². The van der Waals surface area contributed by atoms with Gasteiger partial charge in [0.15, 0.2) is 0 Å². The summed E-state index contributed by atoms with van der Waals surface area (Å²) in [6, 6.07) is 14.9. The third kappa shape index (κ3) is 3.93. The first-order chi connectivity index (χ1) is 12.5. The minimum absolute atomic E-state index is 0.222. The fourth-order valence-electron chi connectivity index (χ4n) is 2.61. The van der Waals surface area contributed by atoms with Crippen LogP contribution < -0.4 is 16.2 Å². The van der Waals surface area contributed by atoms with E-state index in [4.69, 9.17) is 11.6 Å². The molecule has 0 aliphatic heterocycles. The van der Waals surface area contributed by atoms with E-state index in [1.54, 1.807) is 6.92 Å². The van der Waals surface area contributed by atoms with Crippen molar-refractivity contribution in [2.45, 2.75) is 13.0 Å². The molecule has 1 unspecified atom stereocenters. The van der Waals surface area contributed by atoms with Gasteiger partial charge in [0.2, 0.25) is 10.9 Å². The van der Waals surface area contributed by atoms with Crippen LogP contribution in [0.4, 0.5) is 5.69 Å². The van der Waals surface area contributed by atoms with E-state index < -0.39 is 17.0 Å². The summed E-state index contributed by atoms with van der Waals surface area (Å²) in [5.41, 5.74) is 2.32. The van der Waals surface area contributed by atoms with Crippen molar-refractivity contribution in [2.24, 2.45) is 0 Å². The Balaban J connectivity index is 1.78. The maximum atomic E-state index is 11.9. The number of anilines is 1. The summed E-state index contributed by atoms with van der Waals surface area (Å²) in [4.78, 5) is 23.6. The number of rotatable bonds is 6. The summed E-state index contributed by atoms with van der Waals surface area (Å²) < 4.78 is 0. The Morgan fingerprint density at radius 2 is 1.50 bits per heavy atom. The Morgan fingerprint density at radius 3 is 2.04 bits per heavy atom. The molecule has 0 saturated heterocycles. The highest BCUT2D eigenvalue weighted by Gasteiger charge is 2.22. The van der Waals surface area contributed by atoms with E-state index >= 15 is 0 Å². The van der Waals surface area contributed by atoms with E-state index in [1.807, 2.05) is 60.7 Å². The third-order valence-electron chi connectivity index (χ3n) is 4.02. The van der Waals surface area contributed by atoms with Crippen LogP contribution in [0.25, 0.3) is 23.3 Å². The van der Waals surface area contributed by atoms with Gasteiger partial charge in [-0.25, -0.2) is 0 Å². The number of hydrogen-bond acceptors (Lipinski definition) is 4. The summed E-state index contributed by atoms with van der Waals surface area (Å²) in [7, 11) is 0. The lowest BCUT2D eigenvalue weighted by Crippen LogP contribution is -2.37. The summed E-state index contributed by atoms with van der Waals surface area (Å²) >= 11 is 5.87. The second-order valence-corrected chi connectivity index (χ2v) is 6.58. The smallest absolute Gasteiger partial charge is 0.250 e. The van der Waals surface area contributed by atoms with Gasteiger partial charge in [-0.15, -0.1) is 0 Å². The van der Waals surface area contributed by atoms with Crippen molar-refractivity contribution in [1.29, 1.82) is 0 Å². The van der Waals surface area contributed by atoms with Crippen molar-refractivity contribution in [3.05, 3.63) is 85.1 Å². The van der Waals surface area contributed by atoms with E-state index in [0.717, 1.165) is 11.1 Å². The maximum absolute atomic E-state index is 11.9. The molecule has 5 heteroatoms. The highest BCUT2D eigenvalue weighted by atomic mass is 35.5. The average Bonchev–Trinajstić information content (AvgIpc) is 2.64. The lowest BCUT2D eigenvalue weighted by molar-refractivity contribution is 0.208. The van der Waals surface area contributed by atoms with Crippen LogP contribution in [0.15, 0.2) is 58.1 Å². The minimum Gasteiger partial charge on any atom is -0.392 e. The summed E-state index contributed by atoms with van der Waals surface area (Å²) in [5.74, 6) is 0. The Bertz CT molecular complexity index is 995. The zero-order valence-corrected chi connectivity index (χ0v) is 15.0. The molecule has 3 aromatic carbocycles. The molecule has 1 atom stereocenters. The van der Waals surface area contributed by atoms with Gasteiger partial charge >= 0.3 is 0 Å². The molecule has 0 heterocycles. The Labute approximate surface area is 156 Å². The number of aliphatic hydroxyl groups excluding tert-OH is 1. The van der Waals surface area contributed by atoms with Gasteiger partial charge in [-0.2, -0.15) is 0 Å². The molecular weight excluding hydrogens is 350 g/mol. The number of hydrogen-bond donors (Lipinski definition) is 2. The lowest BCUT2D eigenvalue weighted by atomic mass is 9.97. The molecule has 0 radical (unpaired) electrons. The molecule has 3 aromatic rings. The number of benzene rings is 2. The van der Waals surface area contributed by atoms with Crippen LogP contribution in [0.3, 0.4) is 0 Å². The molecule has 0 saturated carbocycles. The molecule has 0 bridgehead atoms. The number of halogens is 1. The van der Waals surface area contributed by atoms with Gasteiger partial charge in [0.25, 0.3) is 0 Å². The molecule has 4 nitrogen and oxygen atoms in total. The largest absolute Gasteiger partial charge is 0.392 e. The second kappa shape index (κ2) is 7.68. The zero-order valence-electron chi connectivity index (χ0n) is 14.2. The first kappa shape index (κ1) is 18.1. The standard InChI is InChI=1S/C21H18ClNO3/c1-13(24)12-23-19-18(20(25)21(19)26)16-8-4-14(5-9-16)2-3-15-6-10-17(22)11-7-15/h2-11,13,23-24H,12H2,1H3. The first-order valence-electron chi connectivity index (χ1n) is 8.25.